The Labute approximate surface area is 199 Å². The molecule has 2 aromatic rings. The van der Waals surface area contributed by atoms with Crippen molar-refractivity contribution in [1.29, 1.82) is 0 Å². The van der Waals surface area contributed by atoms with Gasteiger partial charge in [0.05, 0.1) is 5.69 Å². The molecule has 3 rings (SSSR count). The number of amides is 2. The summed E-state index contributed by atoms with van der Waals surface area (Å²) in [5, 5.41) is 7.73. The van der Waals surface area contributed by atoms with Crippen LogP contribution in [0.15, 0.2) is 39.2 Å². The number of hydrogen-bond donors (Lipinski definition) is 2. The number of thiazole rings is 1. The van der Waals surface area contributed by atoms with Gasteiger partial charge in [-0.2, -0.15) is 4.99 Å². The van der Waals surface area contributed by atoms with Crippen LogP contribution in [0.5, 0.6) is 0 Å². The maximum Gasteiger partial charge on any atom is 0.324 e. The van der Waals surface area contributed by atoms with E-state index in [9.17, 15) is 14.4 Å². The number of benzene rings is 1. The van der Waals surface area contributed by atoms with Crippen molar-refractivity contribution in [2.45, 2.75) is 52.8 Å². The van der Waals surface area contributed by atoms with Crippen LogP contribution in [-0.2, 0) is 21.1 Å². The van der Waals surface area contributed by atoms with Crippen LogP contribution in [0.2, 0.25) is 0 Å². The smallest absolute Gasteiger partial charge is 0.324 e. The minimum atomic E-state index is -0.432. The maximum atomic E-state index is 12.7. The molecule has 0 saturated carbocycles. The van der Waals surface area contributed by atoms with Crippen molar-refractivity contribution >= 4 is 50.7 Å². The zero-order chi connectivity index (χ0) is 23.3. The zero-order valence-corrected chi connectivity index (χ0v) is 20.7. The van der Waals surface area contributed by atoms with Crippen LogP contribution in [0.4, 0.5) is 5.69 Å². The van der Waals surface area contributed by atoms with Crippen LogP contribution in [0.3, 0.4) is 0 Å². The molecule has 0 spiro atoms. The van der Waals surface area contributed by atoms with E-state index in [0.717, 1.165) is 19.4 Å². The first kappa shape index (κ1) is 24.3. The Morgan fingerprint density at radius 3 is 2.78 bits per heavy atom. The molecule has 1 aliphatic heterocycles. The summed E-state index contributed by atoms with van der Waals surface area (Å²) in [5.41, 5.74) is 0.843. The molecule has 1 fully saturated rings. The average Bonchev–Trinajstić information content (AvgIpc) is 3.38. The van der Waals surface area contributed by atoms with Crippen molar-refractivity contribution in [3.05, 3.63) is 44.6 Å². The van der Waals surface area contributed by atoms with Gasteiger partial charge in [0.1, 0.15) is 6.04 Å². The monoisotopic (exact) mass is 522 g/mol. The number of carbonyl (C=O) groups excluding carboxylic acids is 3. The van der Waals surface area contributed by atoms with E-state index in [2.05, 4.69) is 31.6 Å². The lowest BCUT2D eigenvalue weighted by Crippen LogP contribution is -2.33. The van der Waals surface area contributed by atoms with Crippen molar-refractivity contribution in [3.63, 3.8) is 0 Å². The van der Waals surface area contributed by atoms with E-state index in [1.165, 1.54) is 11.3 Å². The van der Waals surface area contributed by atoms with Gasteiger partial charge in [0, 0.05) is 28.0 Å². The lowest BCUT2D eigenvalue weighted by molar-refractivity contribution is -0.149. The number of halogens is 1. The third kappa shape index (κ3) is 6.85. The van der Waals surface area contributed by atoms with Crippen LogP contribution in [0.1, 0.15) is 50.4 Å². The highest BCUT2D eigenvalue weighted by Gasteiger charge is 2.23. The van der Waals surface area contributed by atoms with E-state index in [1.807, 2.05) is 20.8 Å². The highest BCUT2D eigenvalue weighted by atomic mass is 79.9. The summed E-state index contributed by atoms with van der Waals surface area (Å²) in [6.45, 7) is 6.79. The van der Waals surface area contributed by atoms with Gasteiger partial charge in [0.15, 0.2) is 11.5 Å². The molecule has 172 valence electrons. The number of aromatic nitrogens is 1. The third-order valence-electron chi connectivity index (χ3n) is 4.73. The Balaban J connectivity index is 1.66. The van der Waals surface area contributed by atoms with Gasteiger partial charge in [-0.05, 0) is 58.9 Å². The minimum Gasteiger partial charge on any atom is -0.443 e. The third-order valence-corrected chi connectivity index (χ3v) is 6.18. The number of esters is 1. The Hall–Kier alpha value is -2.30. The van der Waals surface area contributed by atoms with Crippen molar-refractivity contribution < 1.29 is 19.1 Å². The highest BCUT2D eigenvalue weighted by molar-refractivity contribution is 9.10. The molecule has 2 amide bonds. The quantitative estimate of drug-likeness (QED) is 0.563. The Bertz CT molecular complexity index is 1060. The van der Waals surface area contributed by atoms with Gasteiger partial charge in [0.25, 0.3) is 5.91 Å². The second-order valence-corrected chi connectivity index (χ2v) is 10.5. The van der Waals surface area contributed by atoms with Crippen LogP contribution in [0, 0.1) is 5.41 Å². The maximum absolute atomic E-state index is 12.7. The van der Waals surface area contributed by atoms with Crippen molar-refractivity contribution in [2.24, 2.45) is 10.4 Å². The molecule has 10 heteroatoms. The van der Waals surface area contributed by atoms with Gasteiger partial charge in [-0.25, -0.2) is 0 Å². The first-order chi connectivity index (χ1) is 15.1. The summed E-state index contributed by atoms with van der Waals surface area (Å²) in [6, 6.07) is 4.65. The van der Waals surface area contributed by atoms with Crippen LogP contribution in [0.25, 0.3) is 0 Å². The highest BCUT2D eigenvalue weighted by Crippen LogP contribution is 2.26. The van der Waals surface area contributed by atoms with Gasteiger partial charge in [0.2, 0.25) is 5.91 Å². The lowest BCUT2D eigenvalue weighted by atomic mass is 9.92. The molecule has 2 N–H and O–H groups in total. The molecule has 0 radical (unpaired) electrons. The predicted octanol–water partition coefficient (Wildman–Crippen LogP) is 3.68. The number of anilines is 1. The minimum absolute atomic E-state index is 0.00489. The van der Waals surface area contributed by atoms with Crippen LogP contribution >= 0.6 is 27.3 Å². The second-order valence-electron chi connectivity index (χ2n) is 8.79. The molecule has 1 aromatic heterocycles. The largest absolute Gasteiger partial charge is 0.443 e. The Morgan fingerprint density at radius 1 is 1.34 bits per heavy atom. The molecule has 1 aliphatic rings. The molecule has 2 heterocycles. The van der Waals surface area contributed by atoms with Gasteiger partial charge >= 0.3 is 5.97 Å². The first-order valence-electron chi connectivity index (χ1n) is 10.3. The fourth-order valence-electron chi connectivity index (χ4n) is 3.18. The van der Waals surface area contributed by atoms with Gasteiger partial charge < -0.3 is 15.4 Å². The summed E-state index contributed by atoms with van der Waals surface area (Å²) in [7, 11) is 0. The number of ether oxygens (including phenoxy) is 1. The topological polar surface area (TPSA) is 102 Å². The van der Waals surface area contributed by atoms with Crippen LogP contribution in [-0.4, -0.2) is 34.9 Å². The SMILES string of the molecule is CC(C)(C)CC(=O)Nc1ccc(C(=O)/N=c2\sccn2COC(=O)[C@@H]2CCCN2)cc1Br. The Morgan fingerprint density at radius 2 is 2.12 bits per heavy atom. The van der Waals surface area contributed by atoms with Crippen molar-refractivity contribution in [3.8, 4) is 0 Å². The average molecular weight is 523 g/mol. The van der Waals surface area contributed by atoms with E-state index >= 15 is 0 Å². The normalized spacial score (nSPS) is 16.8. The number of rotatable bonds is 6. The molecule has 32 heavy (non-hydrogen) atoms. The van der Waals surface area contributed by atoms with Gasteiger partial charge in [-0.15, -0.1) is 11.3 Å². The second kappa shape index (κ2) is 10.5. The molecule has 1 aromatic carbocycles. The summed E-state index contributed by atoms with van der Waals surface area (Å²) >= 11 is 4.69. The standard InChI is InChI=1S/C22H27BrN4O4S/c1-22(2,3)12-18(28)25-16-7-6-14(11-15(16)23)19(29)26-21-27(9-10-32-21)13-31-20(30)17-5-4-8-24-17/h6-7,9-11,17,24H,4-5,8,12-13H2,1-3H3,(H,25,28)/b26-21-/t17-/m0/s1. The fraction of sp³-hybridized carbons (Fsp3) is 0.455. The summed E-state index contributed by atoms with van der Waals surface area (Å²) < 4.78 is 7.57. The van der Waals surface area contributed by atoms with Gasteiger partial charge in [-0.3, -0.25) is 19.0 Å². The fourth-order valence-corrected chi connectivity index (χ4v) is 4.37. The van der Waals surface area contributed by atoms with E-state index in [0.29, 0.717) is 26.9 Å². The summed E-state index contributed by atoms with van der Waals surface area (Å²) in [5.74, 6) is -0.825. The summed E-state index contributed by atoms with van der Waals surface area (Å²) in [4.78, 5) is 41.6. The molecule has 1 atom stereocenters. The number of carbonyl (C=O) groups is 3. The first-order valence-corrected chi connectivity index (χ1v) is 12.0. The molecule has 0 aliphatic carbocycles. The molecule has 8 nitrogen and oxygen atoms in total. The zero-order valence-electron chi connectivity index (χ0n) is 18.3. The summed E-state index contributed by atoms with van der Waals surface area (Å²) in [6.07, 6.45) is 3.82. The Kier molecular flexibility index (Phi) is 8.02. The van der Waals surface area contributed by atoms with Gasteiger partial charge in [-0.1, -0.05) is 20.8 Å². The van der Waals surface area contributed by atoms with Crippen molar-refractivity contribution in [2.75, 3.05) is 11.9 Å². The van der Waals surface area contributed by atoms with E-state index in [-0.39, 0.29) is 30.1 Å². The van der Waals surface area contributed by atoms with E-state index in [4.69, 9.17) is 4.74 Å². The predicted molar refractivity (Wildman–Crippen MR) is 126 cm³/mol. The van der Waals surface area contributed by atoms with Crippen molar-refractivity contribution in [1.82, 2.24) is 9.88 Å². The molecule has 0 bridgehead atoms. The van der Waals surface area contributed by atoms with Crippen LogP contribution < -0.4 is 15.4 Å². The molecule has 1 saturated heterocycles. The number of hydrogen-bond acceptors (Lipinski definition) is 6. The number of nitrogens with one attached hydrogen (secondary N) is 2. The number of nitrogens with zero attached hydrogens (tertiary/aromatic N) is 2. The van der Waals surface area contributed by atoms with E-state index in [1.54, 1.807) is 34.3 Å². The molecular weight excluding hydrogens is 496 g/mol. The van der Waals surface area contributed by atoms with E-state index < -0.39 is 5.91 Å². The molecule has 0 unspecified atom stereocenters. The lowest BCUT2D eigenvalue weighted by Gasteiger charge is -2.17. The molecular formula is C22H27BrN4O4S.